The van der Waals surface area contributed by atoms with Crippen LogP contribution in [0, 0.1) is 13.8 Å². The number of aryl methyl sites for hydroxylation is 5. The first kappa shape index (κ1) is 79.3. The van der Waals surface area contributed by atoms with Gasteiger partial charge in [0.1, 0.15) is 35.7 Å². The van der Waals surface area contributed by atoms with Crippen molar-refractivity contribution in [2.75, 3.05) is 99.2 Å². The van der Waals surface area contributed by atoms with Gasteiger partial charge in [-0.3, -0.25) is 47.6 Å². The Kier molecular flexibility index (Phi) is 23.1. The predicted molar refractivity (Wildman–Crippen MR) is 416 cm³/mol. The van der Waals surface area contributed by atoms with Gasteiger partial charge in [0.15, 0.2) is 46.4 Å². The lowest BCUT2D eigenvalue weighted by molar-refractivity contribution is -0.249. The number of aliphatic hydroxyl groups is 3. The zero-order chi connectivity index (χ0) is 80.6. The van der Waals surface area contributed by atoms with E-state index in [1.165, 1.54) is 59.4 Å². The summed E-state index contributed by atoms with van der Waals surface area (Å²) in [5.41, 5.74) is 3.12. The van der Waals surface area contributed by atoms with E-state index in [9.17, 15) is 68.7 Å². The van der Waals surface area contributed by atoms with E-state index in [0.29, 0.717) is 23.0 Å². The number of carbonyl (C=O) groups excluding carboxylic acids is 8. The predicted octanol–water partition coefficient (Wildman–Crippen LogP) is 4.56. The third-order valence-electron chi connectivity index (χ3n) is 21.4. The summed E-state index contributed by atoms with van der Waals surface area (Å²) in [5.74, 6) is -4.88. The first-order valence-corrected chi connectivity index (χ1v) is 37.2. The highest BCUT2D eigenvalue weighted by atomic mass is 16.7. The van der Waals surface area contributed by atoms with Crippen molar-refractivity contribution in [2.24, 2.45) is 28.2 Å². The molecular weight excluding hydrogens is 1460 g/mol. The number of Topliss-reactive ketones (excluding diaryl/α,β-unsaturated/α-hetero) is 1. The number of pyridine rings is 1. The Balaban J connectivity index is 0.000000201. The number of piperazine rings is 1. The number of carbonyl (C=O) groups is 8. The zero-order valence-electron chi connectivity index (χ0n) is 64.0. The van der Waals surface area contributed by atoms with Gasteiger partial charge in [0.25, 0.3) is 17.7 Å². The Bertz CT molecular complexity index is 5440. The second-order valence-electron chi connectivity index (χ2n) is 29.1. The third-order valence-corrected chi connectivity index (χ3v) is 21.4. The number of phenolic OH excluding ortho intramolecular Hbond substituents is 1. The lowest BCUT2D eigenvalue weighted by Gasteiger charge is -2.43. The van der Waals surface area contributed by atoms with E-state index in [2.05, 4.69) is 62.0 Å². The molecule has 0 saturated carbocycles. The largest absolute Gasteiger partial charge is 0.507 e. The molecule has 1 unspecified atom stereocenters. The smallest absolute Gasteiger partial charge is 0.291 e. The summed E-state index contributed by atoms with van der Waals surface area (Å²) in [7, 11) is 7.99. The third kappa shape index (κ3) is 16.1. The molecule has 4 aliphatic rings. The molecule has 12 N–H and O–H groups in total. The van der Waals surface area contributed by atoms with Gasteiger partial charge in [-0.2, -0.15) is 0 Å². The number of imidazole rings is 3. The minimum absolute atomic E-state index is 0.00676. The van der Waals surface area contributed by atoms with Crippen LogP contribution in [0.1, 0.15) is 138 Å². The number of amides is 5. The van der Waals surface area contributed by atoms with Crippen LogP contribution in [0.25, 0.3) is 27.3 Å². The molecule has 0 bridgehead atoms. The summed E-state index contributed by atoms with van der Waals surface area (Å²) in [5, 5.41) is 76.6. The van der Waals surface area contributed by atoms with E-state index in [0.717, 1.165) is 86.6 Å². The van der Waals surface area contributed by atoms with Crippen LogP contribution >= 0.6 is 0 Å². The van der Waals surface area contributed by atoms with Gasteiger partial charge in [0, 0.05) is 171 Å². The number of fused-ring (bicyclic) bond motifs is 5. The quantitative estimate of drug-likeness (QED) is 0.0275. The number of rotatable bonds is 25. The van der Waals surface area contributed by atoms with Crippen LogP contribution in [-0.2, 0) is 58.5 Å². The maximum atomic E-state index is 14.0. The molecule has 5 amide bonds. The fourth-order valence-corrected chi connectivity index (χ4v) is 15.5. The number of aliphatic hydroxyl groups excluding tert-OH is 2. The van der Waals surface area contributed by atoms with Crippen molar-refractivity contribution in [1.82, 2.24) is 58.1 Å². The van der Waals surface area contributed by atoms with Gasteiger partial charge in [-0.15, -0.1) is 0 Å². The number of nitrogens with zero attached hydrogens (tertiary/aromatic N) is 10. The Morgan fingerprint density at radius 3 is 2.10 bits per heavy atom. The second kappa shape index (κ2) is 32.9. The normalized spacial score (nSPS) is 19.0. The number of phenols is 1. The summed E-state index contributed by atoms with van der Waals surface area (Å²) >= 11 is 0. The monoisotopic (exact) mass is 1550 g/mol. The van der Waals surface area contributed by atoms with Crippen LogP contribution in [-0.4, -0.2) is 223 Å². The zero-order valence-corrected chi connectivity index (χ0v) is 64.0. The maximum Gasteiger partial charge on any atom is 0.291 e. The van der Waals surface area contributed by atoms with Crippen molar-refractivity contribution in [2.45, 2.75) is 102 Å². The van der Waals surface area contributed by atoms with Gasteiger partial charge in [-0.25, -0.2) is 15.0 Å². The minimum atomic E-state index is -2.14. The number of hydrogen-bond acceptors (Lipinski definition) is 24. The van der Waals surface area contributed by atoms with Gasteiger partial charge in [0.2, 0.25) is 29.2 Å². The van der Waals surface area contributed by atoms with Gasteiger partial charge in [-0.1, -0.05) is 24.3 Å². The molecule has 0 spiro atoms. The number of ketones is 3. The number of hydrogen-bond donors (Lipinski definition) is 12. The number of nitrogens with one attached hydrogen (secondary N) is 7. The average molecular weight is 1550 g/mol. The van der Waals surface area contributed by atoms with Crippen molar-refractivity contribution >= 4 is 103 Å². The summed E-state index contributed by atoms with van der Waals surface area (Å²) in [6.07, 6.45) is 5.04. The van der Waals surface area contributed by atoms with E-state index in [1.807, 2.05) is 71.6 Å². The molecule has 113 heavy (non-hydrogen) atoms. The summed E-state index contributed by atoms with van der Waals surface area (Å²) in [4.78, 5) is 135. The Morgan fingerprint density at radius 2 is 1.42 bits per heavy atom. The highest BCUT2D eigenvalue weighted by Gasteiger charge is 2.50. The highest BCUT2D eigenvalue weighted by Crippen LogP contribution is 2.51. The van der Waals surface area contributed by atoms with E-state index in [-0.39, 0.29) is 122 Å². The first-order chi connectivity index (χ1) is 54.0. The van der Waals surface area contributed by atoms with Crippen LogP contribution in [0.15, 0.2) is 96.6 Å². The van der Waals surface area contributed by atoms with Crippen LogP contribution in [0.3, 0.4) is 0 Å². The van der Waals surface area contributed by atoms with Gasteiger partial charge in [0.05, 0.1) is 64.2 Å². The van der Waals surface area contributed by atoms with Gasteiger partial charge < -0.3 is 105 Å². The number of aromatic nitrogens is 8. The molecule has 2 aliphatic heterocycles. The maximum absolute atomic E-state index is 14.0. The van der Waals surface area contributed by atoms with Crippen molar-refractivity contribution in [3.05, 3.63) is 164 Å². The molecule has 6 atom stereocenters. The average Bonchev–Trinajstić information content (AvgIpc) is 0.878. The number of methoxy groups -OCH3 is 1. The fourth-order valence-electron chi connectivity index (χ4n) is 15.5. The molecule has 34 nitrogen and oxygen atoms in total. The van der Waals surface area contributed by atoms with E-state index in [1.54, 1.807) is 46.4 Å². The van der Waals surface area contributed by atoms with Crippen molar-refractivity contribution in [3.63, 3.8) is 0 Å². The number of para-hydroxylation sites is 1. The van der Waals surface area contributed by atoms with Crippen LogP contribution in [0.4, 0.5) is 28.7 Å². The minimum Gasteiger partial charge on any atom is -0.507 e. The second-order valence-corrected chi connectivity index (χ2v) is 29.1. The van der Waals surface area contributed by atoms with E-state index >= 15 is 0 Å². The number of aromatic hydroxyl groups is 2. The molecule has 34 heteroatoms. The number of anilines is 5. The topological polar surface area (TPSA) is 436 Å². The van der Waals surface area contributed by atoms with Crippen LogP contribution in [0.5, 0.6) is 17.2 Å². The standard InChI is InChI=1S/C42H48N14O6.C37H43N3O11/c1-25(57)46-31-22-53(4)39(48-31)42(62)47-29-21-51(2)35(37(29)59)40(60)50-32-23-52(3)38(49-32)41(61)44-14-8-16-55-19-17-54(18-20-55)15-7-13-43-27-11-12-28-34-33(27)36(58)26-9-5-6-10-30(26)56(34)24-45-28;1-17-11-20(15-40(17)4)39-27(43)9-10-38-23-12-28(50-19(3)33(23)44)51-25-14-37(48,26(42)16-41)13-22-18(2)29-32(36(47)31(22)25)35(46)30-21(34(29)45)7-6-8-24(30)49-5/h5-6,9-12,21-24,43,59H,7-8,13-20H2,1-4H3,(H,44,61)(H,46,57)(H,47,62)(H,50,60);6-8,11,15,19,23,25,28,33,38,41,44,47-48H,9-10,12-14,16H2,1-5H3,(H,39,43)/t;19-,23-,25-,28?,33+,37-/m.0/s1. The van der Waals surface area contributed by atoms with Gasteiger partial charge in [-0.05, 0) is 94.2 Å². The van der Waals surface area contributed by atoms with Crippen molar-refractivity contribution < 1.29 is 78.1 Å². The lowest BCUT2D eigenvalue weighted by Crippen LogP contribution is -2.55. The molecule has 594 valence electrons. The fraction of sp³-hybridized carbons (Fsp3) is 0.392. The highest BCUT2D eigenvalue weighted by molar-refractivity contribution is 6.31. The summed E-state index contributed by atoms with van der Waals surface area (Å²) < 4.78 is 25.9. The van der Waals surface area contributed by atoms with Crippen molar-refractivity contribution in [1.29, 1.82) is 0 Å². The number of benzene rings is 4. The summed E-state index contributed by atoms with van der Waals surface area (Å²) in [6.45, 7) is 12.4. The van der Waals surface area contributed by atoms with E-state index < -0.39 is 95.8 Å². The van der Waals surface area contributed by atoms with Crippen LogP contribution in [0.2, 0.25) is 0 Å². The molecule has 0 radical (unpaired) electrons. The molecule has 8 heterocycles. The van der Waals surface area contributed by atoms with Gasteiger partial charge >= 0.3 is 0 Å². The lowest BCUT2D eigenvalue weighted by atomic mass is 9.70. The van der Waals surface area contributed by atoms with Crippen molar-refractivity contribution in [3.8, 4) is 17.2 Å². The SMILES string of the molecule is CC(=O)Nc1cn(C)c(C(=O)Nc2cn(C)c(C(=O)Nc3cn(C)c(C(=O)NCCCN4CCN(CCCNc5ccc6ncn7c8ccccc8c(=O)c5c67)CC4)n3)c2O)n1.COc1cccc2c1C(=O)c1c(O)c3c(c(C)c1C2=O)C[C@@](O)(C(=O)CO)C[C@@H]3OC1C[C@H](NCCC(=O)Nc2cc(C)n(C)c2)[C@H](O)[C@H](C)O1. The van der Waals surface area contributed by atoms with E-state index in [4.69, 9.17) is 14.2 Å². The Morgan fingerprint density at radius 1 is 0.726 bits per heavy atom. The molecule has 2 aliphatic carbocycles. The molecular formula is C79H91N17O17. The Hall–Kier alpha value is -11.8. The summed E-state index contributed by atoms with van der Waals surface area (Å²) in [6, 6.07) is 17.4. The molecule has 14 rings (SSSR count). The number of ether oxygens (including phenoxy) is 3. The first-order valence-electron chi connectivity index (χ1n) is 37.2. The Labute approximate surface area is 647 Å². The molecule has 6 aromatic heterocycles. The molecule has 2 fully saturated rings. The molecule has 4 aromatic carbocycles. The molecule has 10 aromatic rings. The van der Waals surface area contributed by atoms with Crippen LogP contribution < -0.4 is 47.4 Å². The molecule has 2 saturated heterocycles.